The molecule has 22 heavy (non-hydrogen) atoms. The summed E-state index contributed by atoms with van der Waals surface area (Å²) in [5.41, 5.74) is 5.43. The smallest absolute Gasteiger partial charge is 0.387 e. The summed E-state index contributed by atoms with van der Waals surface area (Å²) in [5, 5.41) is 4.94. The number of nitrogens with one attached hydrogen (secondary N) is 2. The monoisotopic (exact) mass is 333 g/mol. The number of benzene rings is 1. The summed E-state index contributed by atoms with van der Waals surface area (Å²) >= 11 is 1.53. The van der Waals surface area contributed by atoms with Crippen LogP contribution in [0.3, 0.4) is 0 Å². The highest BCUT2D eigenvalue weighted by atomic mass is 32.2. The Morgan fingerprint density at radius 2 is 1.95 bits per heavy atom. The summed E-state index contributed by atoms with van der Waals surface area (Å²) < 4.78 is 28.3. The second kappa shape index (κ2) is 9.08. The van der Waals surface area contributed by atoms with Crippen molar-refractivity contribution < 1.29 is 23.1 Å². The number of primary amides is 1. The number of rotatable bonds is 8. The van der Waals surface area contributed by atoms with Crippen molar-refractivity contribution in [3.63, 3.8) is 0 Å². The molecule has 1 aromatic rings. The number of ether oxygens (including phenoxy) is 1. The van der Waals surface area contributed by atoms with Crippen molar-refractivity contribution in [3.05, 3.63) is 24.3 Å². The van der Waals surface area contributed by atoms with E-state index in [0.29, 0.717) is 17.9 Å². The fourth-order valence-electron chi connectivity index (χ4n) is 1.63. The largest absolute Gasteiger partial charge is 0.435 e. The minimum absolute atomic E-state index is 0.0119. The van der Waals surface area contributed by atoms with Gasteiger partial charge in [0.15, 0.2) is 0 Å². The van der Waals surface area contributed by atoms with E-state index in [-0.39, 0.29) is 5.75 Å². The van der Waals surface area contributed by atoms with Gasteiger partial charge < -0.3 is 21.1 Å². The topological polar surface area (TPSA) is 93.5 Å². The Hall–Kier alpha value is -2.03. The maximum absolute atomic E-state index is 12.1. The number of hydrogen-bond acceptors (Lipinski definition) is 4. The summed E-state index contributed by atoms with van der Waals surface area (Å²) in [5.74, 6) is 0.220. The first-order valence-corrected chi connectivity index (χ1v) is 7.72. The van der Waals surface area contributed by atoms with Gasteiger partial charge in [-0.05, 0) is 42.7 Å². The highest BCUT2D eigenvalue weighted by Gasteiger charge is 2.19. The first kappa shape index (κ1) is 18.0. The number of halogens is 2. The van der Waals surface area contributed by atoms with Crippen LogP contribution in [-0.2, 0) is 4.79 Å². The van der Waals surface area contributed by atoms with Crippen LogP contribution in [0.5, 0.6) is 5.75 Å². The van der Waals surface area contributed by atoms with E-state index in [1.165, 1.54) is 36.0 Å². The summed E-state index contributed by atoms with van der Waals surface area (Å²) in [6, 6.07) is 3.90. The Morgan fingerprint density at radius 3 is 2.45 bits per heavy atom. The van der Waals surface area contributed by atoms with E-state index >= 15 is 0 Å². The summed E-state index contributed by atoms with van der Waals surface area (Å²) in [6.45, 7) is -2.91. The van der Waals surface area contributed by atoms with Crippen molar-refractivity contribution in [1.82, 2.24) is 5.32 Å². The lowest BCUT2D eigenvalue weighted by Crippen LogP contribution is -2.46. The molecule has 0 fully saturated rings. The maximum Gasteiger partial charge on any atom is 0.387 e. The van der Waals surface area contributed by atoms with Gasteiger partial charge in [-0.2, -0.15) is 20.5 Å². The summed E-state index contributed by atoms with van der Waals surface area (Å²) in [6.07, 6.45) is 2.30. The van der Waals surface area contributed by atoms with Gasteiger partial charge in [0, 0.05) is 5.69 Å². The first-order valence-electron chi connectivity index (χ1n) is 6.33. The Labute approximate surface area is 130 Å². The number of urea groups is 1. The molecule has 3 amide bonds. The second-order valence-corrected chi connectivity index (χ2v) is 5.22. The van der Waals surface area contributed by atoms with E-state index in [0.717, 1.165) is 0 Å². The predicted octanol–water partition coefficient (Wildman–Crippen LogP) is 2.02. The third kappa shape index (κ3) is 6.61. The van der Waals surface area contributed by atoms with Gasteiger partial charge in [0.25, 0.3) is 0 Å². The van der Waals surface area contributed by atoms with Gasteiger partial charge >= 0.3 is 12.6 Å². The number of anilines is 1. The lowest BCUT2D eigenvalue weighted by atomic mass is 10.2. The van der Waals surface area contributed by atoms with Crippen LogP contribution in [0.1, 0.15) is 6.42 Å². The molecule has 0 saturated heterocycles. The fraction of sp³-hybridized carbons (Fsp3) is 0.385. The van der Waals surface area contributed by atoms with Crippen molar-refractivity contribution >= 4 is 29.4 Å². The molecule has 0 aliphatic carbocycles. The zero-order valence-electron chi connectivity index (χ0n) is 11.8. The molecule has 1 atom stereocenters. The van der Waals surface area contributed by atoms with Crippen LogP contribution in [0.2, 0.25) is 0 Å². The molecule has 9 heteroatoms. The number of alkyl halides is 2. The number of thioether (sulfide) groups is 1. The van der Waals surface area contributed by atoms with Crippen molar-refractivity contribution in [2.75, 3.05) is 17.3 Å². The fourth-order valence-corrected chi connectivity index (χ4v) is 2.10. The SMILES string of the molecule is CSCCC(NC(N)=O)C(=O)Nc1ccc(OC(F)F)cc1. The highest BCUT2D eigenvalue weighted by Crippen LogP contribution is 2.18. The molecule has 0 aliphatic rings. The lowest BCUT2D eigenvalue weighted by Gasteiger charge is -2.17. The predicted molar refractivity (Wildman–Crippen MR) is 81.2 cm³/mol. The molecule has 4 N–H and O–H groups in total. The van der Waals surface area contributed by atoms with Crippen LogP contribution in [0.25, 0.3) is 0 Å². The quantitative estimate of drug-likeness (QED) is 0.678. The van der Waals surface area contributed by atoms with Gasteiger partial charge in [0.1, 0.15) is 11.8 Å². The lowest BCUT2D eigenvalue weighted by molar-refractivity contribution is -0.118. The highest BCUT2D eigenvalue weighted by molar-refractivity contribution is 7.98. The molecule has 1 aromatic carbocycles. The minimum Gasteiger partial charge on any atom is -0.435 e. The van der Waals surface area contributed by atoms with E-state index in [2.05, 4.69) is 15.4 Å². The van der Waals surface area contributed by atoms with E-state index in [1.807, 2.05) is 6.26 Å². The van der Waals surface area contributed by atoms with Crippen LogP contribution >= 0.6 is 11.8 Å². The molecule has 0 aromatic heterocycles. The van der Waals surface area contributed by atoms with Gasteiger partial charge in [-0.1, -0.05) is 0 Å². The van der Waals surface area contributed by atoms with Crippen molar-refractivity contribution in [2.45, 2.75) is 19.1 Å². The van der Waals surface area contributed by atoms with E-state index in [9.17, 15) is 18.4 Å². The van der Waals surface area contributed by atoms with Crippen molar-refractivity contribution in [1.29, 1.82) is 0 Å². The number of hydrogen-bond donors (Lipinski definition) is 3. The number of amides is 3. The molecular weight excluding hydrogens is 316 g/mol. The molecule has 1 unspecified atom stereocenters. The molecule has 0 aliphatic heterocycles. The van der Waals surface area contributed by atoms with E-state index in [4.69, 9.17) is 5.73 Å². The van der Waals surface area contributed by atoms with Crippen molar-refractivity contribution in [2.24, 2.45) is 5.73 Å². The van der Waals surface area contributed by atoms with Gasteiger partial charge in [0.2, 0.25) is 5.91 Å². The molecule has 0 radical (unpaired) electrons. The molecular formula is C13H17F2N3O3S. The molecule has 0 spiro atoms. The third-order valence-electron chi connectivity index (χ3n) is 2.59. The standard InChI is InChI=1S/C13H17F2N3O3S/c1-22-7-6-10(18-13(16)20)11(19)17-8-2-4-9(5-3-8)21-12(14)15/h2-5,10,12H,6-7H2,1H3,(H,17,19)(H3,16,18,20). The van der Waals surface area contributed by atoms with Crippen molar-refractivity contribution in [3.8, 4) is 5.75 Å². The molecule has 6 nitrogen and oxygen atoms in total. The molecule has 1 rings (SSSR count). The zero-order valence-corrected chi connectivity index (χ0v) is 12.7. The molecule has 122 valence electrons. The van der Waals surface area contributed by atoms with Crippen LogP contribution in [0.15, 0.2) is 24.3 Å². The van der Waals surface area contributed by atoms with Gasteiger partial charge in [-0.3, -0.25) is 4.79 Å². The van der Waals surface area contributed by atoms with Crippen LogP contribution in [0.4, 0.5) is 19.3 Å². The maximum atomic E-state index is 12.1. The Balaban J connectivity index is 2.65. The minimum atomic E-state index is -2.91. The van der Waals surface area contributed by atoms with Crippen LogP contribution in [-0.4, -0.2) is 36.6 Å². The van der Waals surface area contributed by atoms with E-state index < -0.39 is 24.6 Å². The first-order chi connectivity index (χ1) is 10.4. The summed E-state index contributed by atoms with van der Waals surface area (Å²) in [4.78, 5) is 23.0. The van der Waals surface area contributed by atoms with E-state index in [1.54, 1.807) is 0 Å². The second-order valence-electron chi connectivity index (χ2n) is 4.23. The summed E-state index contributed by atoms with van der Waals surface area (Å²) in [7, 11) is 0. The third-order valence-corrected chi connectivity index (χ3v) is 3.23. The average molecular weight is 333 g/mol. The van der Waals surface area contributed by atoms with Crippen LogP contribution in [0, 0.1) is 0 Å². The van der Waals surface area contributed by atoms with Crippen LogP contribution < -0.4 is 21.1 Å². The normalized spacial score (nSPS) is 11.8. The van der Waals surface area contributed by atoms with Gasteiger partial charge in [-0.25, -0.2) is 4.79 Å². The Bertz CT molecular complexity index is 500. The number of carbonyl (C=O) groups is 2. The molecule has 0 bridgehead atoms. The molecule has 0 heterocycles. The Morgan fingerprint density at radius 1 is 1.32 bits per heavy atom. The number of nitrogens with two attached hydrogens (primary N) is 1. The average Bonchev–Trinajstić information content (AvgIpc) is 2.44. The molecule has 0 saturated carbocycles. The zero-order chi connectivity index (χ0) is 16.5. The Kier molecular flexibility index (Phi) is 7.44. The van der Waals surface area contributed by atoms with Gasteiger partial charge in [-0.15, -0.1) is 0 Å². The van der Waals surface area contributed by atoms with Gasteiger partial charge in [0.05, 0.1) is 0 Å². The number of carbonyl (C=O) groups excluding carboxylic acids is 2.